The monoisotopic (exact) mass is 197 g/mol. The van der Waals surface area contributed by atoms with Crippen molar-refractivity contribution in [2.24, 2.45) is 0 Å². The van der Waals surface area contributed by atoms with Gasteiger partial charge in [-0.25, -0.2) is 0 Å². The minimum Gasteiger partial charge on any atom is -0.459 e. The standard InChI is InChI=1S/C11H19NO2/c1-8-5-9(6-8)12-7-10(13)14-11(2,3)4/h9,12H,1,5-7H2,2-4H3. The highest BCUT2D eigenvalue weighted by Crippen LogP contribution is 2.23. The number of carbonyl (C=O) groups is 1. The number of nitrogens with one attached hydrogen (secondary N) is 1. The minimum atomic E-state index is -0.387. The molecule has 0 amide bonds. The maximum atomic E-state index is 11.3. The molecule has 1 fully saturated rings. The molecule has 1 saturated carbocycles. The molecule has 0 atom stereocenters. The SMILES string of the molecule is C=C1CC(NCC(=O)OC(C)(C)C)C1. The van der Waals surface area contributed by atoms with Gasteiger partial charge in [0, 0.05) is 6.04 Å². The maximum absolute atomic E-state index is 11.3. The lowest BCUT2D eigenvalue weighted by molar-refractivity contribution is -0.153. The van der Waals surface area contributed by atoms with Crippen LogP contribution >= 0.6 is 0 Å². The number of rotatable bonds is 3. The Labute approximate surface area is 85.5 Å². The van der Waals surface area contributed by atoms with Gasteiger partial charge in [0.2, 0.25) is 0 Å². The van der Waals surface area contributed by atoms with Crippen molar-refractivity contribution in [2.45, 2.75) is 45.3 Å². The van der Waals surface area contributed by atoms with Crippen molar-refractivity contribution < 1.29 is 9.53 Å². The van der Waals surface area contributed by atoms with Crippen molar-refractivity contribution in [3.8, 4) is 0 Å². The second kappa shape index (κ2) is 4.13. The zero-order valence-corrected chi connectivity index (χ0v) is 9.22. The van der Waals surface area contributed by atoms with E-state index in [1.165, 1.54) is 5.57 Å². The zero-order valence-electron chi connectivity index (χ0n) is 9.22. The number of ether oxygens (including phenoxy) is 1. The molecule has 14 heavy (non-hydrogen) atoms. The van der Waals surface area contributed by atoms with E-state index in [1.54, 1.807) is 0 Å². The fourth-order valence-corrected chi connectivity index (χ4v) is 1.39. The summed E-state index contributed by atoms with van der Waals surface area (Å²) in [5.74, 6) is -0.185. The molecule has 1 rings (SSSR count). The van der Waals surface area contributed by atoms with Crippen LogP contribution < -0.4 is 5.32 Å². The van der Waals surface area contributed by atoms with Gasteiger partial charge in [-0.2, -0.15) is 0 Å². The molecular formula is C11H19NO2. The van der Waals surface area contributed by atoms with Gasteiger partial charge in [0.25, 0.3) is 0 Å². The van der Waals surface area contributed by atoms with Gasteiger partial charge < -0.3 is 10.1 Å². The van der Waals surface area contributed by atoms with Gasteiger partial charge in [-0.05, 0) is 33.6 Å². The molecule has 0 aromatic carbocycles. The predicted molar refractivity (Wildman–Crippen MR) is 56.0 cm³/mol. The Balaban J connectivity index is 2.13. The number of carbonyl (C=O) groups excluding carboxylic acids is 1. The van der Waals surface area contributed by atoms with Crippen molar-refractivity contribution in [2.75, 3.05) is 6.54 Å². The van der Waals surface area contributed by atoms with E-state index >= 15 is 0 Å². The Bertz CT molecular complexity index is 232. The molecule has 3 nitrogen and oxygen atoms in total. The van der Waals surface area contributed by atoms with Crippen LogP contribution in [0.25, 0.3) is 0 Å². The average molecular weight is 197 g/mol. The van der Waals surface area contributed by atoms with Crippen LogP contribution in [0.5, 0.6) is 0 Å². The van der Waals surface area contributed by atoms with E-state index in [0.717, 1.165) is 12.8 Å². The van der Waals surface area contributed by atoms with Crippen molar-refractivity contribution in [1.29, 1.82) is 0 Å². The Morgan fingerprint density at radius 2 is 2.14 bits per heavy atom. The molecular weight excluding hydrogens is 178 g/mol. The summed E-state index contributed by atoms with van der Waals surface area (Å²) in [6.45, 7) is 9.76. The first-order chi connectivity index (χ1) is 6.37. The predicted octanol–water partition coefficient (Wildman–Crippen LogP) is 1.64. The molecule has 0 radical (unpaired) electrons. The van der Waals surface area contributed by atoms with Gasteiger partial charge in [0.05, 0.1) is 6.54 Å². The van der Waals surface area contributed by atoms with E-state index in [-0.39, 0.29) is 11.6 Å². The summed E-state index contributed by atoms with van der Waals surface area (Å²) in [7, 11) is 0. The van der Waals surface area contributed by atoms with Crippen LogP contribution in [0.1, 0.15) is 33.6 Å². The summed E-state index contributed by atoms with van der Waals surface area (Å²) in [5, 5.41) is 3.14. The van der Waals surface area contributed by atoms with Gasteiger partial charge in [-0.1, -0.05) is 12.2 Å². The molecule has 0 heterocycles. The van der Waals surface area contributed by atoms with Gasteiger partial charge in [0.1, 0.15) is 5.60 Å². The number of hydrogen-bond donors (Lipinski definition) is 1. The second-order valence-corrected chi connectivity index (χ2v) is 4.82. The lowest BCUT2D eigenvalue weighted by Gasteiger charge is -2.29. The summed E-state index contributed by atoms with van der Waals surface area (Å²) in [4.78, 5) is 11.3. The van der Waals surface area contributed by atoms with Crippen molar-refractivity contribution in [3.63, 3.8) is 0 Å². The maximum Gasteiger partial charge on any atom is 0.320 e. The summed E-state index contributed by atoms with van der Waals surface area (Å²) in [6, 6.07) is 0.426. The van der Waals surface area contributed by atoms with E-state index in [0.29, 0.717) is 12.6 Å². The second-order valence-electron chi connectivity index (χ2n) is 4.82. The molecule has 0 unspecified atom stereocenters. The van der Waals surface area contributed by atoms with Gasteiger partial charge in [0.15, 0.2) is 0 Å². The topological polar surface area (TPSA) is 38.3 Å². The van der Waals surface area contributed by atoms with Crippen LogP contribution in [0, 0.1) is 0 Å². The van der Waals surface area contributed by atoms with E-state index in [9.17, 15) is 4.79 Å². The van der Waals surface area contributed by atoms with E-state index in [2.05, 4.69) is 11.9 Å². The van der Waals surface area contributed by atoms with E-state index in [4.69, 9.17) is 4.74 Å². The van der Waals surface area contributed by atoms with Crippen molar-refractivity contribution in [3.05, 3.63) is 12.2 Å². The van der Waals surface area contributed by atoms with Gasteiger partial charge in [-0.3, -0.25) is 4.79 Å². The highest BCUT2D eigenvalue weighted by Gasteiger charge is 2.22. The normalized spacial score (nSPS) is 17.8. The van der Waals surface area contributed by atoms with Crippen molar-refractivity contribution >= 4 is 5.97 Å². The van der Waals surface area contributed by atoms with E-state index in [1.807, 2.05) is 20.8 Å². The molecule has 1 aliphatic carbocycles. The molecule has 1 aliphatic rings. The Morgan fingerprint density at radius 1 is 1.57 bits per heavy atom. The Hall–Kier alpha value is -0.830. The van der Waals surface area contributed by atoms with Gasteiger partial charge in [-0.15, -0.1) is 0 Å². The molecule has 0 aromatic rings. The smallest absolute Gasteiger partial charge is 0.320 e. The van der Waals surface area contributed by atoms with Crippen molar-refractivity contribution in [1.82, 2.24) is 5.32 Å². The first-order valence-electron chi connectivity index (χ1n) is 4.99. The fourth-order valence-electron chi connectivity index (χ4n) is 1.39. The highest BCUT2D eigenvalue weighted by molar-refractivity contribution is 5.72. The van der Waals surface area contributed by atoms with Crippen LogP contribution in [-0.2, 0) is 9.53 Å². The summed E-state index contributed by atoms with van der Waals surface area (Å²) >= 11 is 0. The van der Waals surface area contributed by atoms with Gasteiger partial charge >= 0.3 is 5.97 Å². The molecule has 0 bridgehead atoms. The minimum absolute atomic E-state index is 0.185. The molecule has 3 heteroatoms. The molecule has 80 valence electrons. The summed E-state index contributed by atoms with van der Waals surface area (Å²) < 4.78 is 5.16. The molecule has 0 aliphatic heterocycles. The van der Waals surface area contributed by atoms with Crippen LogP contribution in [0.15, 0.2) is 12.2 Å². The lowest BCUT2D eigenvalue weighted by Crippen LogP contribution is -2.41. The number of esters is 1. The van der Waals surface area contributed by atoms with Crippen LogP contribution in [0.2, 0.25) is 0 Å². The molecule has 0 saturated heterocycles. The Kier molecular flexibility index (Phi) is 3.32. The Morgan fingerprint density at radius 3 is 2.57 bits per heavy atom. The third-order valence-electron chi connectivity index (χ3n) is 2.03. The molecule has 1 N–H and O–H groups in total. The fraction of sp³-hybridized carbons (Fsp3) is 0.727. The average Bonchev–Trinajstić information content (AvgIpc) is 1.92. The summed E-state index contributed by atoms with van der Waals surface area (Å²) in [5.41, 5.74) is 0.869. The van der Waals surface area contributed by atoms with Crippen LogP contribution in [-0.4, -0.2) is 24.2 Å². The molecule has 0 aromatic heterocycles. The lowest BCUT2D eigenvalue weighted by atomic mass is 9.88. The first-order valence-corrected chi connectivity index (χ1v) is 4.99. The third kappa shape index (κ3) is 3.92. The zero-order chi connectivity index (χ0) is 10.8. The largest absolute Gasteiger partial charge is 0.459 e. The highest BCUT2D eigenvalue weighted by atomic mass is 16.6. The first kappa shape index (κ1) is 11.2. The number of hydrogen-bond acceptors (Lipinski definition) is 3. The summed E-state index contributed by atoms with van der Waals surface area (Å²) in [6.07, 6.45) is 1.98. The third-order valence-corrected chi connectivity index (χ3v) is 2.03. The van der Waals surface area contributed by atoms with E-state index < -0.39 is 0 Å². The molecule has 0 spiro atoms. The quantitative estimate of drug-likeness (QED) is 0.552. The van der Waals surface area contributed by atoms with Crippen LogP contribution in [0.4, 0.5) is 0 Å². The van der Waals surface area contributed by atoms with Crippen LogP contribution in [0.3, 0.4) is 0 Å².